The van der Waals surface area contributed by atoms with Gasteiger partial charge in [-0.3, -0.25) is 9.10 Å². The fraction of sp³-hybridized carbons (Fsp3) is 0.136. The molecule has 154 valence electrons. The Morgan fingerprint density at radius 2 is 1.77 bits per heavy atom. The maximum Gasteiger partial charge on any atom is 0.264 e. The number of nitrogens with one attached hydrogen (secondary N) is 1. The Balaban J connectivity index is 1.60. The van der Waals surface area contributed by atoms with Gasteiger partial charge in [0.1, 0.15) is 0 Å². The van der Waals surface area contributed by atoms with E-state index in [-0.39, 0.29) is 15.8 Å². The van der Waals surface area contributed by atoms with E-state index in [2.05, 4.69) is 5.32 Å². The van der Waals surface area contributed by atoms with Crippen LogP contribution in [0.3, 0.4) is 0 Å². The lowest BCUT2D eigenvalue weighted by Crippen LogP contribution is -2.29. The molecule has 0 atom stereocenters. The second-order valence-electron chi connectivity index (χ2n) is 7.04. The summed E-state index contributed by atoms with van der Waals surface area (Å²) < 4.78 is 27.5. The van der Waals surface area contributed by atoms with Crippen molar-refractivity contribution < 1.29 is 13.2 Å². The van der Waals surface area contributed by atoms with Crippen LogP contribution in [-0.4, -0.2) is 20.9 Å². The van der Waals surface area contributed by atoms with Crippen molar-refractivity contribution in [1.82, 2.24) is 0 Å². The minimum Gasteiger partial charge on any atom is -0.321 e. The van der Waals surface area contributed by atoms with Gasteiger partial charge in [-0.05, 0) is 61.4 Å². The predicted octanol–water partition coefficient (Wildman–Crippen LogP) is 5.31. The number of hydrogen-bond donors (Lipinski definition) is 1. The molecular formula is C22H18Cl2N2O3S. The number of carbonyl (C=O) groups excluding carboxylic acids is 1. The molecule has 0 aliphatic carbocycles. The first-order valence-corrected chi connectivity index (χ1v) is 11.4. The second-order valence-corrected chi connectivity index (χ2v) is 9.69. The number of halogens is 2. The number of fused-ring (bicyclic) bond motifs is 1. The van der Waals surface area contributed by atoms with Gasteiger partial charge in [0.05, 0.1) is 26.3 Å². The minimum atomic E-state index is -3.66. The van der Waals surface area contributed by atoms with Gasteiger partial charge in [-0.25, -0.2) is 8.42 Å². The number of rotatable bonds is 4. The van der Waals surface area contributed by atoms with Crippen LogP contribution in [0.1, 0.15) is 21.5 Å². The van der Waals surface area contributed by atoms with Gasteiger partial charge >= 0.3 is 0 Å². The maximum absolute atomic E-state index is 13.1. The SMILES string of the molecule is Cc1ccc(S(=O)(=O)N2CCc3cc(C(=O)Nc4cccc(Cl)c4Cl)ccc32)cc1. The summed E-state index contributed by atoms with van der Waals surface area (Å²) in [4.78, 5) is 12.9. The first kappa shape index (κ1) is 20.7. The topological polar surface area (TPSA) is 66.5 Å². The molecule has 0 saturated carbocycles. The van der Waals surface area contributed by atoms with Crippen molar-refractivity contribution in [1.29, 1.82) is 0 Å². The highest BCUT2D eigenvalue weighted by atomic mass is 35.5. The van der Waals surface area contributed by atoms with Crippen LogP contribution in [-0.2, 0) is 16.4 Å². The van der Waals surface area contributed by atoms with Gasteiger partial charge in [-0.15, -0.1) is 0 Å². The summed E-state index contributed by atoms with van der Waals surface area (Å²) in [6, 6.07) is 16.8. The normalized spacial score (nSPS) is 13.2. The molecule has 1 N–H and O–H groups in total. The Kier molecular flexibility index (Phi) is 5.49. The molecule has 1 heterocycles. The van der Waals surface area contributed by atoms with E-state index in [0.29, 0.717) is 34.9 Å². The lowest BCUT2D eigenvalue weighted by atomic mass is 10.1. The molecule has 3 aromatic carbocycles. The number of sulfonamides is 1. The largest absolute Gasteiger partial charge is 0.321 e. The molecule has 1 aliphatic rings. The van der Waals surface area contributed by atoms with Crippen molar-refractivity contribution in [2.75, 3.05) is 16.2 Å². The summed E-state index contributed by atoms with van der Waals surface area (Å²) in [7, 11) is -3.66. The number of aryl methyl sites for hydroxylation is 1. The van der Waals surface area contributed by atoms with Crippen LogP contribution < -0.4 is 9.62 Å². The molecule has 1 amide bonds. The van der Waals surface area contributed by atoms with Gasteiger partial charge in [0.25, 0.3) is 15.9 Å². The number of carbonyl (C=O) groups is 1. The first-order chi connectivity index (χ1) is 14.3. The van der Waals surface area contributed by atoms with Gasteiger partial charge in [0, 0.05) is 12.1 Å². The Morgan fingerprint density at radius 3 is 2.50 bits per heavy atom. The van der Waals surface area contributed by atoms with E-state index >= 15 is 0 Å². The molecular weight excluding hydrogens is 443 g/mol. The Hall–Kier alpha value is -2.54. The zero-order chi connectivity index (χ0) is 21.5. The van der Waals surface area contributed by atoms with E-state index in [4.69, 9.17) is 23.2 Å². The molecule has 0 spiro atoms. The Bertz CT molecular complexity index is 1240. The second kappa shape index (κ2) is 7.95. The minimum absolute atomic E-state index is 0.248. The number of anilines is 2. The van der Waals surface area contributed by atoms with Crippen LogP contribution in [0.2, 0.25) is 10.0 Å². The standard InChI is InChI=1S/C22H18Cl2N2O3S/c1-14-5-8-17(9-6-14)30(28,29)26-12-11-15-13-16(7-10-20(15)26)22(27)25-19-4-2-3-18(23)21(19)24/h2-10,13H,11-12H2,1H3,(H,25,27). The highest BCUT2D eigenvalue weighted by Crippen LogP contribution is 2.34. The maximum atomic E-state index is 13.1. The highest BCUT2D eigenvalue weighted by molar-refractivity contribution is 7.92. The van der Waals surface area contributed by atoms with E-state index in [1.807, 2.05) is 6.92 Å². The van der Waals surface area contributed by atoms with Crippen LogP contribution in [0, 0.1) is 6.92 Å². The van der Waals surface area contributed by atoms with Gasteiger partial charge in [-0.2, -0.15) is 0 Å². The number of hydrogen-bond acceptors (Lipinski definition) is 3. The fourth-order valence-electron chi connectivity index (χ4n) is 3.39. The molecule has 0 radical (unpaired) electrons. The third-order valence-corrected chi connectivity index (χ3v) is 7.65. The summed E-state index contributed by atoms with van der Waals surface area (Å²) in [5.41, 5.74) is 3.22. The molecule has 0 bridgehead atoms. The van der Waals surface area contributed by atoms with Crippen LogP contribution in [0.25, 0.3) is 0 Å². The highest BCUT2D eigenvalue weighted by Gasteiger charge is 2.31. The van der Waals surface area contributed by atoms with E-state index in [9.17, 15) is 13.2 Å². The van der Waals surface area contributed by atoms with E-state index in [0.717, 1.165) is 11.1 Å². The van der Waals surface area contributed by atoms with Crippen molar-refractivity contribution in [2.24, 2.45) is 0 Å². The summed E-state index contributed by atoms with van der Waals surface area (Å²) in [6.07, 6.45) is 0.527. The monoisotopic (exact) mass is 460 g/mol. The summed E-state index contributed by atoms with van der Waals surface area (Å²) in [6.45, 7) is 2.24. The smallest absolute Gasteiger partial charge is 0.264 e. The Morgan fingerprint density at radius 1 is 1.03 bits per heavy atom. The number of amides is 1. The molecule has 0 fully saturated rings. The molecule has 5 nitrogen and oxygen atoms in total. The summed E-state index contributed by atoms with van der Waals surface area (Å²) >= 11 is 12.1. The Labute approximate surface area is 185 Å². The van der Waals surface area contributed by atoms with Crippen LogP contribution in [0.15, 0.2) is 65.6 Å². The lowest BCUT2D eigenvalue weighted by Gasteiger charge is -2.20. The molecule has 8 heteroatoms. The van der Waals surface area contributed by atoms with E-state index in [1.54, 1.807) is 60.7 Å². The quantitative estimate of drug-likeness (QED) is 0.573. The zero-order valence-corrected chi connectivity index (χ0v) is 18.4. The number of benzene rings is 3. The van der Waals surface area contributed by atoms with Crippen molar-refractivity contribution in [3.63, 3.8) is 0 Å². The summed E-state index contributed by atoms with van der Waals surface area (Å²) in [5.74, 6) is -0.346. The molecule has 0 saturated heterocycles. The molecule has 4 rings (SSSR count). The molecule has 1 aliphatic heterocycles. The van der Waals surface area contributed by atoms with Crippen molar-refractivity contribution in [2.45, 2.75) is 18.2 Å². The van der Waals surface area contributed by atoms with Gasteiger partial charge in [-0.1, -0.05) is 47.0 Å². The zero-order valence-electron chi connectivity index (χ0n) is 16.0. The van der Waals surface area contributed by atoms with Gasteiger partial charge in [0.2, 0.25) is 0 Å². The van der Waals surface area contributed by atoms with Crippen LogP contribution in [0.5, 0.6) is 0 Å². The van der Waals surface area contributed by atoms with E-state index < -0.39 is 10.0 Å². The lowest BCUT2D eigenvalue weighted by molar-refractivity contribution is 0.102. The van der Waals surface area contributed by atoms with Crippen molar-refractivity contribution in [3.8, 4) is 0 Å². The van der Waals surface area contributed by atoms with Crippen molar-refractivity contribution in [3.05, 3.63) is 87.4 Å². The van der Waals surface area contributed by atoms with Gasteiger partial charge < -0.3 is 5.32 Å². The van der Waals surface area contributed by atoms with Crippen molar-refractivity contribution >= 4 is 50.5 Å². The third-order valence-electron chi connectivity index (χ3n) is 5.00. The third kappa shape index (κ3) is 3.78. The average Bonchev–Trinajstić information content (AvgIpc) is 3.16. The predicted molar refractivity (Wildman–Crippen MR) is 120 cm³/mol. The van der Waals surface area contributed by atoms with Gasteiger partial charge in [0.15, 0.2) is 0 Å². The average molecular weight is 461 g/mol. The fourth-order valence-corrected chi connectivity index (χ4v) is 5.25. The molecule has 0 aromatic heterocycles. The van der Waals surface area contributed by atoms with Crippen LogP contribution >= 0.6 is 23.2 Å². The van der Waals surface area contributed by atoms with E-state index in [1.165, 1.54) is 4.31 Å². The molecule has 30 heavy (non-hydrogen) atoms. The first-order valence-electron chi connectivity index (χ1n) is 9.25. The molecule has 0 unspecified atom stereocenters. The summed E-state index contributed by atoms with van der Waals surface area (Å²) in [5, 5.41) is 3.36. The van der Waals surface area contributed by atoms with Crippen LogP contribution in [0.4, 0.5) is 11.4 Å². The molecule has 3 aromatic rings. The number of nitrogens with zero attached hydrogens (tertiary/aromatic N) is 1.